The first-order valence-electron chi connectivity index (χ1n) is 5.27. The fourth-order valence-electron chi connectivity index (χ4n) is 1.41. The SMILES string of the molecule is CC(C)CC(=O)c1ccc(OC(F)F)c(N)c1. The van der Waals surface area contributed by atoms with Crippen molar-refractivity contribution in [2.24, 2.45) is 5.92 Å². The molecule has 3 nitrogen and oxygen atoms in total. The summed E-state index contributed by atoms with van der Waals surface area (Å²) >= 11 is 0. The molecule has 1 aromatic carbocycles. The van der Waals surface area contributed by atoms with E-state index < -0.39 is 6.61 Å². The number of hydrogen-bond acceptors (Lipinski definition) is 3. The normalized spacial score (nSPS) is 10.9. The number of carbonyl (C=O) groups excluding carboxylic acids is 1. The maximum Gasteiger partial charge on any atom is 0.387 e. The minimum Gasteiger partial charge on any atom is -0.433 e. The Hall–Kier alpha value is -1.65. The van der Waals surface area contributed by atoms with E-state index in [2.05, 4.69) is 4.74 Å². The smallest absolute Gasteiger partial charge is 0.387 e. The summed E-state index contributed by atoms with van der Waals surface area (Å²) in [5, 5.41) is 0. The maximum absolute atomic E-state index is 12.0. The number of alkyl halides is 2. The van der Waals surface area contributed by atoms with E-state index in [9.17, 15) is 13.6 Å². The van der Waals surface area contributed by atoms with Gasteiger partial charge in [0.2, 0.25) is 0 Å². The van der Waals surface area contributed by atoms with Crippen molar-refractivity contribution in [1.82, 2.24) is 0 Å². The van der Waals surface area contributed by atoms with E-state index in [1.807, 2.05) is 13.8 Å². The van der Waals surface area contributed by atoms with Crippen LogP contribution in [0.4, 0.5) is 14.5 Å². The lowest BCUT2D eigenvalue weighted by molar-refractivity contribution is -0.0493. The first-order chi connectivity index (χ1) is 7.90. The van der Waals surface area contributed by atoms with Crippen LogP contribution in [0.3, 0.4) is 0 Å². The summed E-state index contributed by atoms with van der Waals surface area (Å²) < 4.78 is 28.2. The first kappa shape index (κ1) is 13.4. The zero-order valence-electron chi connectivity index (χ0n) is 9.74. The van der Waals surface area contributed by atoms with Crippen molar-refractivity contribution in [2.45, 2.75) is 26.9 Å². The standard InChI is InChI=1S/C12H15F2NO2/c1-7(2)5-10(16)8-3-4-11(9(15)6-8)17-12(13)14/h3-4,6-7,12H,5,15H2,1-2H3. The number of Topliss-reactive ketones (excluding diaryl/α,β-unsaturated/α-hetero) is 1. The molecule has 17 heavy (non-hydrogen) atoms. The summed E-state index contributed by atoms with van der Waals surface area (Å²) in [4.78, 5) is 11.7. The van der Waals surface area contributed by atoms with Crippen LogP contribution in [0.1, 0.15) is 30.6 Å². The Morgan fingerprint density at radius 3 is 2.53 bits per heavy atom. The molecule has 1 aromatic rings. The van der Waals surface area contributed by atoms with Gasteiger partial charge in [0.1, 0.15) is 5.75 Å². The maximum atomic E-state index is 12.0. The first-order valence-corrected chi connectivity index (χ1v) is 5.27. The summed E-state index contributed by atoms with van der Waals surface area (Å²) in [5.74, 6) is 0.0668. The highest BCUT2D eigenvalue weighted by molar-refractivity contribution is 5.97. The van der Waals surface area contributed by atoms with Gasteiger partial charge in [-0.25, -0.2) is 0 Å². The molecular weight excluding hydrogens is 228 g/mol. The molecule has 0 heterocycles. The van der Waals surface area contributed by atoms with Gasteiger partial charge in [-0.05, 0) is 24.1 Å². The van der Waals surface area contributed by atoms with E-state index >= 15 is 0 Å². The molecule has 0 radical (unpaired) electrons. The molecule has 5 heteroatoms. The van der Waals surface area contributed by atoms with Gasteiger partial charge in [-0.2, -0.15) is 8.78 Å². The van der Waals surface area contributed by atoms with Crippen LogP contribution in [0.25, 0.3) is 0 Å². The molecule has 0 aliphatic carbocycles. The van der Waals surface area contributed by atoms with E-state index in [4.69, 9.17) is 5.73 Å². The van der Waals surface area contributed by atoms with Gasteiger partial charge in [-0.3, -0.25) is 4.79 Å². The summed E-state index contributed by atoms with van der Waals surface area (Å²) in [5.41, 5.74) is 5.98. The van der Waals surface area contributed by atoms with E-state index in [0.717, 1.165) is 0 Å². The minimum absolute atomic E-state index is 0.0416. The van der Waals surface area contributed by atoms with Crippen LogP contribution in [0.5, 0.6) is 5.75 Å². The summed E-state index contributed by atoms with van der Waals surface area (Å²) in [7, 11) is 0. The predicted molar refractivity (Wildman–Crippen MR) is 61.3 cm³/mol. The minimum atomic E-state index is -2.92. The molecule has 0 atom stereocenters. The Kier molecular flexibility index (Phi) is 4.43. The molecule has 0 aliphatic rings. The Balaban J connectivity index is 2.85. The van der Waals surface area contributed by atoms with Crippen molar-refractivity contribution in [3.63, 3.8) is 0 Å². The second kappa shape index (κ2) is 5.61. The van der Waals surface area contributed by atoms with Gasteiger partial charge in [0.15, 0.2) is 5.78 Å². The van der Waals surface area contributed by atoms with Crippen molar-refractivity contribution in [3.8, 4) is 5.75 Å². The fraction of sp³-hybridized carbons (Fsp3) is 0.417. The molecule has 0 amide bonds. The molecule has 0 spiro atoms. The van der Waals surface area contributed by atoms with Gasteiger partial charge >= 0.3 is 6.61 Å². The average Bonchev–Trinajstić information content (AvgIpc) is 2.19. The van der Waals surface area contributed by atoms with Crippen molar-refractivity contribution in [1.29, 1.82) is 0 Å². The third-order valence-electron chi connectivity index (χ3n) is 2.14. The lowest BCUT2D eigenvalue weighted by Gasteiger charge is -2.09. The van der Waals surface area contributed by atoms with Crippen LogP contribution >= 0.6 is 0 Å². The molecule has 0 bridgehead atoms. The molecule has 0 fully saturated rings. The molecule has 94 valence electrons. The van der Waals surface area contributed by atoms with Crippen LogP contribution < -0.4 is 10.5 Å². The Labute approximate surface area is 98.6 Å². The van der Waals surface area contributed by atoms with Crippen molar-refractivity contribution in [3.05, 3.63) is 23.8 Å². The zero-order valence-corrected chi connectivity index (χ0v) is 9.74. The third-order valence-corrected chi connectivity index (χ3v) is 2.14. The van der Waals surface area contributed by atoms with Crippen LogP contribution in [0, 0.1) is 5.92 Å². The van der Waals surface area contributed by atoms with E-state index in [1.54, 1.807) is 0 Å². The summed E-state index contributed by atoms with van der Waals surface area (Å²) in [6.45, 7) is 0.931. The number of anilines is 1. The fourth-order valence-corrected chi connectivity index (χ4v) is 1.41. The molecular formula is C12H15F2NO2. The van der Waals surface area contributed by atoms with Crippen LogP contribution in [-0.4, -0.2) is 12.4 Å². The molecule has 0 saturated heterocycles. The van der Waals surface area contributed by atoms with E-state index in [-0.39, 0.29) is 23.1 Å². The number of ether oxygens (including phenoxy) is 1. The number of carbonyl (C=O) groups is 1. The number of benzene rings is 1. The lowest BCUT2D eigenvalue weighted by atomic mass is 10.0. The van der Waals surface area contributed by atoms with Crippen molar-refractivity contribution >= 4 is 11.5 Å². The summed E-state index contributed by atoms with van der Waals surface area (Å²) in [6, 6.07) is 4.09. The second-order valence-electron chi connectivity index (χ2n) is 4.15. The number of nitrogens with two attached hydrogens (primary N) is 1. The number of nitrogen functional groups attached to an aromatic ring is 1. The van der Waals surface area contributed by atoms with Gasteiger partial charge < -0.3 is 10.5 Å². The lowest BCUT2D eigenvalue weighted by Crippen LogP contribution is -2.07. The number of rotatable bonds is 5. The van der Waals surface area contributed by atoms with Gasteiger partial charge in [0.05, 0.1) is 5.69 Å². The Morgan fingerprint density at radius 2 is 2.06 bits per heavy atom. The van der Waals surface area contributed by atoms with Crippen LogP contribution in [0.2, 0.25) is 0 Å². The van der Waals surface area contributed by atoms with Crippen molar-refractivity contribution in [2.75, 3.05) is 5.73 Å². The third kappa shape index (κ3) is 4.01. The molecule has 0 unspecified atom stereocenters. The van der Waals surface area contributed by atoms with Gasteiger partial charge in [-0.1, -0.05) is 13.8 Å². The van der Waals surface area contributed by atoms with E-state index in [0.29, 0.717) is 12.0 Å². The topological polar surface area (TPSA) is 52.3 Å². The monoisotopic (exact) mass is 243 g/mol. The zero-order chi connectivity index (χ0) is 13.0. The molecule has 0 aliphatic heterocycles. The Morgan fingerprint density at radius 1 is 1.41 bits per heavy atom. The molecule has 1 rings (SSSR count). The number of hydrogen-bond donors (Lipinski definition) is 1. The average molecular weight is 243 g/mol. The quantitative estimate of drug-likeness (QED) is 0.638. The Bertz CT molecular complexity index is 405. The predicted octanol–water partition coefficient (Wildman–Crippen LogP) is 3.10. The second-order valence-corrected chi connectivity index (χ2v) is 4.15. The largest absolute Gasteiger partial charge is 0.433 e. The summed E-state index contributed by atoms with van der Waals surface area (Å²) in [6.07, 6.45) is 0.397. The number of ketones is 1. The number of halogens is 2. The van der Waals surface area contributed by atoms with Crippen LogP contribution in [0.15, 0.2) is 18.2 Å². The van der Waals surface area contributed by atoms with Gasteiger partial charge in [-0.15, -0.1) is 0 Å². The van der Waals surface area contributed by atoms with Crippen LogP contribution in [-0.2, 0) is 0 Å². The molecule has 0 saturated carbocycles. The van der Waals surface area contributed by atoms with Gasteiger partial charge in [0.25, 0.3) is 0 Å². The molecule has 0 aromatic heterocycles. The van der Waals surface area contributed by atoms with E-state index in [1.165, 1.54) is 18.2 Å². The van der Waals surface area contributed by atoms with Gasteiger partial charge in [0, 0.05) is 12.0 Å². The molecule has 2 N–H and O–H groups in total. The highest BCUT2D eigenvalue weighted by Gasteiger charge is 2.12. The highest BCUT2D eigenvalue weighted by atomic mass is 19.3. The highest BCUT2D eigenvalue weighted by Crippen LogP contribution is 2.25. The van der Waals surface area contributed by atoms with Crippen molar-refractivity contribution < 1.29 is 18.3 Å².